The van der Waals surface area contributed by atoms with Crippen LogP contribution in [0.5, 0.6) is 0 Å². The largest absolute Gasteiger partial charge is 0.418 e. The van der Waals surface area contributed by atoms with E-state index in [-0.39, 0.29) is 5.69 Å². The van der Waals surface area contributed by atoms with Crippen molar-refractivity contribution in [3.05, 3.63) is 47.5 Å². The molecule has 2 rings (SSSR count). The molecule has 0 aliphatic heterocycles. The van der Waals surface area contributed by atoms with Crippen LogP contribution in [0.25, 0.3) is 5.69 Å². The molecule has 1 aromatic heterocycles. The van der Waals surface area contributed by atoms with Crippen LogP contribution in [0.1, 0.15) is 23.9 Å². The van der Waals surface area contributed by atoms with E-state index in [0.29, 0.717) is 24.5 Å². The normalized spacial score (nSPS) is 11.8. The first-order chi connectivity index (χ1) is 9.43. The predicted octanol–water partition coefficient (Wildman–Crippen LogP) is 3.31. The molecule has 0 bridgehead atoms. The van der Waals surface area contributed by atoms with Crippen LogP contribution in [0, 0.1) is 6.92 Å². The van der Waals surface area contributed by atoms with Gasteiger partial charge in [-0.25, -0.2) is 4.98 Å². The number of hydrogen-bond acceptors (Lipinski definition) is 2. The first-order valence-electron chi connectivity index (χ1n) is 6.34. The second-order valence-corrected chi connectivity index (χ2v) is 4.47. The van der Waals surface area contributed by atoms with Gasteiger partial charge >= 0.3 is 6.18 Å². The topological polar surface area (TPSA) is 29.9 Å². The van der Waals surface area contributed by atoms with Gasteiger partial charge in [-0.1, -0.05) is 13.0 Å². The van der Waals surface area contributed by atoms with Crippen LogP contribution in [-0.4, -0.2) is 16.1 Å². The number of benzene rings is 1. The van der Waals surface area contributed by atoms with Gasteiger partial charge in [-0.2, -0.15) is 13.2 Å². The number of aryl methyl sites for hydroxylation is 1. The molecule has 0 radical (unpaired) electrons. The Morgan fingerprint density at radius 2 is 2.05 bits per heavy atom. The van der Waals surface area contributed by atoms with Crippen LogP contribution < -0.4 is 5.32 Å². The summed E-state index contributed by atoms with van der Waals surface area (Å²) in [5, 5.41) is 3.02. The smallest absolute Gasteiger partial charge is 0.313 e. The minimum atomic E-state index is -4.39. The minimum Gasteiger partial charge on any atom is -0.313 e. The van der Waals surface area contributed by atoms with Crippen LogP contribution in [0.2, 0.25) is 0 Å². The van der Waals surface area contributed by atoms with Gasteiger partial charge in [0.25, 0.3) is 0 Å². The van der Waals surface area contributed by atoms with E-state index < -0.39 is 11.7 Å². The summed E-state index contributed by atoms with van der Waals surface area (Å²) in [7, 11) is 0. The highest BCUT2D eigenvalue weighted by molar-refractivity contribution is 5.46. The van der Waals surface area contributed by atoms with Gasteiger partial charge in [-0.15, -0.1) is 0 Å². The van der Waals surface area contributed by atoms with Crippen molar-refractivity contribution in [3.63, 3.8) is 0 Å². The molecule has 20 heavy (non-hydrogen) atoms. The highest BCUT2D eigenvalue weighted by Crippen LogP contribution is 2.34. The Bertz CT molecular complexity index is 588. The van der Waals surface area contributed by atoms with Crippen LogP contribution in [-0.2, 0) is 12.7 Å². The van der Waals surface area contributed by atoms with E-state index in [2.05, 4.69) is 10.3 Å². The Hall–Kier alpha value is -1.82. The number of aromatic nitrogens is 2. The maximum absolute atomic E-state index is 13.2. The molecule has 108 valence electrons. The minimum absolute atomic E-state index is 0.104. The maximum Gasteiger partial charge on any atom is 0.418 e. The van der Waals surface area contributed by atoms with Crippen LogP contribution >= 0.6 is 0 Å². The van der Waals surface area contributed by atoms with Crippen molar-refractivity contribution in [1.82, 2.24) is 14.9 Å². The molecule has 3 nitrogen and oxygen atoms in total. The quantitative estimate of drug-likeness (QED) is 0.933. The zero-order valence-electron chi connectivity index (χ0n) is 11.3. The Morgan fingerprint density at radius 1 is 1.30 bits per heavy atom. The van der Waals surface area contributed by atoms with Crippen molar-refractivity contribution < 1.29 is 13.2 Å². The van der Waals surface area contributed by atoms with Gasteiger partial charge in [0.2, 0.25) is 0 Å². The van der Waals surface area contributed by atoms with E-state index in [0.717, 1.165) is 0 Å². The molecule has 0 saturated heterocycles. The van der Waals surface area contributed by atoms with E-state index in [1.54, 1.807) is 13.0 Å². The van der Waals surface area contributed by atoms with Crippen molar-refractivity contribution in [2.45, 2.75) is 26.6 Å². The van der Waals surface area contributed by atoms with Gasteiger partial charge < -0.3 is 9.88 Å². The van der Waals surface area contributed by atoms with Gasteiger partial charge in [0, 0.05) is 18.9 Å². The number of halogens is 3. The van der Waals surface area contributed by atoms with Crippen molar-refractivity contribution in [2.24, 2.45) is 0 Å². The number of rotatable bonds is 4. The van der Waals surface area contributed by atoms with Crippen molar-refractivity contribution >= 4 is 0 Å². The molecule has 6 heteroatoms. The lowest BCUT2D eigenvalue weighted by atomic mass is 10.1. The van der Waals surface area contributed by atoms with Gasteiger partial charge in [0.05, 0.1) is 11.3 Å². The molecule has 2 aromatic rings. The molecule has 0 amide bonds. The van der Waals surface area contributed by atoms with Crippen LogP contribution in [0.15, 0.2) is 30.6 Å². The van der Waals surface area contributed by atoms with E-state index >= 15 is 0 Å². The third-order valence-electron chi connectivity index (χ3n) is 3.03. The van der Waals surface area contributed by atoms with Gasteiger partial charge in [0.1, 0.15) is 5.82 Å². The van der Waals surface area contributed by atoms with Crippen molar-refractivity contribution in [2.75, 3.05) is 6.54 Å². The Balaban J connectivity index is 2.49. The zero-order chi connectivity index (χ0) is 14.8. The molecule has 0 unspecified atom stereocenters. The van der Waals surface area contributed by atoms with Crippen LogP contribution in [0.4, 0.5) is 13.2 Å². The fraction of sp³-hybridized carbons (Fsp3) is 0.357. The van der Waals surface area contributed by atoms with E-state index in [4.69, 9.17) is 0 Å². The third-order valence-corrected chi connectivity index (χ3v) is 3.03. The number of imidazole rings is 1. The molecule has 0 saturated carbocycles. The summed E-state index contributed by atoms with van der Waals surface area (Å²) in [5.74, 6) is 0.523. The summed E-state index contributed by atoms with van der Waals surface area (Å²) in [5.41, 5.74) is 0.0717. The first-order valence-corrected chi connectivity index (χ1v) is 6.34. The average Bonchev–Trinajstić information content (AvgIpc) is 2.81. The number of nitrogens with zero attached hydrogens (tertiary/aromatic N) is 2. The summed E-state index contributed by atoms with van der Waals surface area (Å²) < 4.78 is 41.1. The highest BCUT2D eigenvalue weighted by atomic mass is 19.4. The van der Waals surface area contributed by atoms with Crippen molar-refractivity contribution in [3.8, 4) is 5.69 Å². The van der Waals surface area contributed by atoms with E-state index in [1.165, 1.54) is 29.1 Å². The monoisotopic (exact) mass is 283 g/mol. The molecule has 1 heterocycles. The van der Waals surface area contributed by atoms with Gasteiger partial charge in [-0.3, -0.25) is 0 Å². The Kier molecular flexibility index (Phi) is 4.13. The van der Waals surface area contributed by atoms with E-state index in [9.17, 15) is 13.2 Å². The lowest BCUT2D eigenvalue weighted by molar-refractivity contribution is -0.137. The van der Waals surface area contributed by atoms with Gasteiger partial charge in [0.15, 0.2) is 0 Å². The summed E-state index contributed by atoms with van der Waals surface area (Å²) in [6, 6.07) is 4.38. The highest BCUT2D eigenvalue weighted by Gasteiger charge is 2.34. The molecular weight excluding hydrogens is 267 g/mol. The summed E-state index contributed by atoms with van der Waals surface area (Å²) in [6.07, 6.45) is -1.37. The average molecular weight is 283 g/mol. The van der Waals surface area contributed by atoms with E-state index in [1.807, 2.05) is 6.92 Å². The molecule has 1 aromatic carbocycles. The van der Waals surface area contributed by atoms with Crippen molar-refractivity contribution in [1.29, 1.82) is 0 Å². The molecule has 0 spiro atoms. The number of nitrogens with one attached hydrogen (secondary N) is 1. The predicted molar refractivity (Wildman–Crippen MR) is 70.7 cm³/mol. The fourth-order valence-corrected chi connectivity index (χ4v) is 2.03. The van der Waals surface area contributed by atoms with Gasteiger partial charge in [-0.05, 0) is 31.2 Å². The summed E-state index contributed by atoms with van der Waals surface area (Å²) >= 11 is 0. The summed E-state index contributed by atoms with van der Waals surface area (Å²) in [4.78, 5) is 3.97. The van der Waals surface area contributed by atoms with Crippen LogP contribution in [0.3, 0.4) is 0 Å². The second-order valence-electron chi connectivity index (χ2n) is 4.47. The lowest BCUT2D eigenvalue weighted by Crippen LogP contribution is -2.15. The molecular formula is C14H16F3N3. The third kappa shape index (κ3) is 3.01. The molecule has 1 N–H and O–H groups in total. The molecule has 0 fully saturated rings. The summed E-state index contributed by atoms with van der Waals surface area (Å²) in [6.45, 7) is 4.72. The molecule has 0 aliphatic carbocycles. The number of alkyl halides is 3. The Labute approximate surface area is 115 Å². The second kappa shape index (κ2) is 5.66. The lowest BCUT2D eigenvalue weighted by Gasteiger charge is -2.16. The molecule has 0 aliphatic rings. The maximum atomic E-state index is 13.2. The first kappa shape index (κ1) is 14.6. The fourth-order valence-electron chi connectivity index (χ4n) is 2.03. The standard InChI is InChI=1S/C14H16F3N3/c1-3-18-9-11-4-5-13(12(8-11)14(15,16)17)20-7-6-19-10(20)2/h4-8,18H,3,9H2,1-2H3. The Morgan fingerprint density at radius 3 is 2.60 bits per heavy atom. The zero-order valence-corrected chi connectivity index (χ0v) is 11.3. The number of hydrogen-bond donors (Lipinski definition) is 1. The SMILES string of the molecule is CCNCc1ccc(-n2ccnc2C)c(C(F)(F)F)c1. The molecule has 0 atom stereocenters.